The summed E-state index contributed by atoms with van der Waals surface area (Å²) in [5, 5.41) is 2.99. The second-order valence-electron chi connectivity index (χ2n) is 6.97. The summed E-state index contributed by atoms with van der Waals surface area (Å²) in [7, 11) is 0. The van der Waals surface area contributed by atoms with Crippen LogP contribution in [-0.4, -0.2) is 34.9 Å². The van der Waals surface area contributed by atoms with Gasteiger partial charge in [0.25, 0.3) is 0 Å². The van der Waals surface area contributed by atoms with E-state index < -0.39 is 0 Å². The third-order valence-corrected chi connectivity index (χ3v) is 5.99. The lowest BCUT2D eigenvalue weighted by molar-refractivity contribution is -0.132. The number of hydrogen-bond donors (Lipinski definition) is 1. The van der Waals surface area contributed by atoms with E-state index in [1.807, 2.05) is 17.2 Å². The van der Waals surface area contributed by atoms with Crippen molar-refractivity contribution in [3.63, 3.8) is 0 Å². The van der Waals surface area contributed by atoms with Crippen molar-refractivity contribution in [2.24, 2.45) is 11.7 Å². The lowest BCUT2D eigenvalue weighted by atomic mass is 9.92. The zero-order chi connectivity index (χ0) is 17.8. The monoisotopic (exact) mass is 357 g/mol. The first kappa shape index (κ1) is 18.1. The van der Waals surface area contributed by atoms with Crippen LogP contribution in [0, 0.1) is 5.92 Å². The van der Waals surface area contributed by atoms with Crippen molar-refractivity contribution in [1.82, 2.24) is 9.88 Å². The number of piperidine rings is 1. The maximum absolute atomic E-state index is 12.6. The van der Waals surface area contributed by atoms with Gasteiger partial charge in [0.15, 0.2) is 0 Å². The van der Waals surface area contributed by atoms with E-state index in [0.717, 1.165) is 48.6 Å². The molecule has 0 saturated carbocycles. The van der Waals surface area contributed by atoms with Gasteiger partial charge >= 0.3 is 0 Å². The van der Waals surface area contributed by atoms with Gasteiger partial charge in [-0.25, -0.2) is 4.98 Å². The SMILES string of the molecule is CCc1ccc(-c2nc(CC(=O)N3CCCC(C(C)N)C3)cs2)cc1. The van der Waals surface area contributed by atoms with Crippen LogP contribution in [0.4, 0.5) is 0 Å². The molecule has 2 unspecified atom stereocenters. The van der Waals surface area contributed by atoms with Crippen molar-refractivity contribution in [1.29, 1.82) is 0 Å². The molecule has 2 aromatic rings. The fourth-order valence-corrected chi connectivity index (χ4v) is 4.16. The van der Waals surface area contributed by atoms with Gasteiger partial charge in [0.2, 0.25) is 5.91 Å². The van der Waals surface area contributed by atoms with Gasteiger partial charge in [0, 0.05) is 30.1 Å². The maximum Gasteiger partial charge on any atom is 0.228 e. The van der Waals surface area contributed by atoms with Crippen LogP contribution in [0.2, 0.25) is 0 Å². The number of carbonyl (C=O) groups is 1. The molecular formula is C20H27N3OS. The van der Waals surface area contributed by atoms with Gasteiger partial charge in [-0.3, -0.25) is 4.79 Å². The van der Waals surface area contributed by atoms with Gasteiger partial charge in [-0.05, 0) is 37.7 Å². The molecule has 1 aliphatic rings. The predicted octanol–water partition coefficient (Wildman–Crippen LogP) is 3.50. The lowest BCUT2D eigenvalue weighted by Crippen LogP contribution is -2.45. The molecule has 1 aliphatic heterocycles. The molecule has 5 heteroatoms. The number of amides is 1. The molecule has 4 nitrogen and oxygen atoms in total. The van der Waals surface area contributed by atoms with Gasteiger partial charge in [-0.15, -0.1) is 11.3 Å². The quantitative estimate of drug-likeness (QED) is 0.891. The highest BCUT2D eigenvalue weighted by Gasteiger charge is 2.26. The molecule has 3 rings (SSSR count). The minimum atomic E-state index is 0.146. The van der Waals surface area contributed by atoms with Crippen molar-refractivity contribution < 1.29 is 4.79 Å². The fourth-order valence-electron chi connectivity index (χ4n) is 3.34. The van der Waals surface area contributed by atoms with E-state index in [-0.39, 0.29) is 11.9 Å². The van der Waals surface area contributed by atoms with E-state index in [2.05, 4.69) is 36.2 Å². The third-order valence-electron chi connectivity index (χ3n) is 5.05. The normalized spacial score (nSPS) is 19.0. The predicted molar refractivity (Wildman–Crippen MR) is 104 cm³/mol. The fraction of sp³-hybridized carbons (Fsp3) is 0.500. The number of rotatable bonds is 5. The number of hydrogen-bond acceptors (Lipinski definition) is 4. The highest BCUT2D eigenvalue weighted by molar-refractivity contribution is 7.13. The number of nitrogens with zero attached hydrogens (tertiary/aromatic N) is 2. The average molecular weight is 358 g/mol. The van der Waals surface area contributed by atoms with Crippen LogP contribution < -0.4 is 5.73 Å². The summed E-state index contributed by atoms with van der Waals surface area (Å²) in [5.74, 6) is 0.587. The van der Waals surface area contributed by atoms with Gasteiger partial charge in [-0.2, -0.15) is 0 Å². The van der Waals surface area contributed by atoms with Gasteiger partial charge in [0.05, 0.1) is 12.1 Å². The summed E-state index contributed by atoms with van der Waals surface area (Å²) in [4.78, 5) is 19.3. The maximum atomic E-state index is 12.6. The van der Waals surface area contributed by atoms with Crippen molar-refractivity contribution in [3.05, 3.63) is 40.9 Å². The Balaban J connectivity index is 1.63. The van der Waals surface area contributed by atoms with Crippen molar-refractivity contribution in [2.45, 2.75) is 45.6 Å². The number of aryl methyl sites for hydroxylation is 1. The van der Waals surface area contributed by atoms with E-state index in [4.69, 9.17) is 5.73 Å². The van der Waals surface area contributed by atoms with E-state index in [1.165, 1.54) is 5.56 Å². The molecule has 0 spiro atoms. The van der Waals surface area contributed by atoms with Crippen LogP contribution in [0.5, 0.6) is 0 Å². The Kier molecular flexibility index (Phi) is 5.86. The number of aromatic nitrogens is 1. The number of benzene rings is 1. The molecule has 2 atom stereocenters. The average Bonchev–Trinajstić information content (AvgIpc) is 3.10. The number of likely N-dealkylation sites (tertiary alicyclic amines) is 1. The van der Waals surface area contributed by atoms with Crippen LogP contribution in [0.1, 0.15) is 37.9 Å². The molecule has 2 heterocycles. The lowest BCUT2D eigenvalue weighted by Gasteiger charge is -2.34. The third kappa shape index (κ3) is 4.47. The standard InChI is InChI=1S/C20H27N3OS/c1-3-15-6-8-16(9-7-15)20-22-18(13-25-20)11-19(24)23-10-4-5-17(12-23)14(2)21/h6-9,13-14,17H,3-5,10-12,21H2,1-2H3. The van der Waals surface area contributed by atoms with Crippen LogP contribution in [0.15, 0.2) is 29.6 Å². The molecule has 0 bridgehead atoms. The van der Waals surface area contributed by atoms with E-state index in [9.17, 15) is 4.79 Å². The Morgan fingerprint density at radius 1 is 1.40 bits per heavy atom. The van der Waals surface area contributed by atoms with Gasteiger partial charge < -0.3 is 10.6 Å². The largest absolute Gasteiger partial charge is 0.342 e. The molecule has 1 aromatic heterocycles. The number of thiazole rings is 1. The number of nitrogens with two attached hydrogens (primary N) is 1. The minimum Gasteiger partial charge on any atom is -0.342 e. The first-order valence-electron chi connectivity index (χ1n) is 9.14. The van der Waals surface area contributed by atoms with Crippen LogP contribution in [0.3, 0.4) is 0 Å². The van der Waals surface area contributed by atoms with Gasteiger partial charge in [0.1, 0.15) is 5.01 Å². The highest BCUT2D eigenvalue weighted by atomic mass is 32.1. The number of carbonyl (C=O) groups excluding carboxylic acids is 1. The zero-order valence-corrected chi connectivity index (χ0v) is 15.9. The second kappa shape index (κ2) is 8.11. The molecular weight excluding hydrogens is 330 g/mol. The summed E-state index contributed by atoms with van der Waals surface area (Å²) in [6.07, 6.45) is 3.59. The molecule has 1 fully saturated rings. The zero-order valence-electron chi connectivity index (χ0n) is 15.1. The molecule has 0 aliphatic carbocycles. The Hall–Kier alpha value is -1.72. The molecule has 25 heavy (non-hydrogen) atoms. The first-order valence-corrected chi connectivity index (χ1v) is 10.0. The molecule has 1 saturated heterocycles. The van der Waals surface area contributed by atoms with Crippen molar-refractivity contribution in [2.75, 3.05) is 13.1 Å². The smallest absolute Gasteiger partial charge is 0.228 e. The molecule has 0 radical (unpaired) electrons. The Morgan fingerprint density at radius 2 is 2.16 bits per heavy atom. The van der Waals surface area contributed by atoms with Crippen molar-refractivity contribution >= 4 is 17.2 Å². The van der Waals surface area contributed by atoms with E-state index in [1.54, 1.807) is 11.3 Å². The van der Waals surface area contributed by atoms with E-state index >= 15 is 0 Å². The molecule has 2 N–H and O–H groups in total. The Bertz CT molecular complexity index is 708. The summed E-state index contributed by atoms with van der Waals surface area (Å²) >= 11 is 1.61. The van der Waals surface area contributed by atoms with Crippen LogP contribution in [0.25, 0.3) is 10.6 Å². The van der Waals surface area contributed by atoms with Crippen LogP contribution >= 0.6 is 11.3 Å². The van der Waals surface area contributed by atoms with Gasteiger partial charge in [-0.1, -0.05) is 31.2 Å². The highest BCUT2D eigenvalue weighted by Crippen LogP contribution is 2.25. The molecule has 134 valence electrons. The second-order valence-corrected chi connectivity index (χ2v) is 7.83. The summed E-state index contributed by atoms with van der Waals surface area (Å²) in [6.45, 7) is 5.82. The molecule has 1 aromatic carbocycles. The topological polar surface area (TPSA) is 59.2 Å². The summed E-state index contributed by atoms with van der Waals surface area (Å²) in [5.41, 5.74) is 9.33. The Morgan fingerprint density at radius 3 is 2.84 bits per heavy atom. The van der Waals surface area contributed by atoms with Crippen molar-refractivity contribution in [3.8, 4) is 10.6 Å². The molecule has 1 amide bonds. The Labute approximate surface area is 154 Å². The minimum absolute atomic E-state index is 0.146. The first-order chi connectivity index (χ1) is 12.1. The summed E-state index contributed by atoms with van der Waals surface area (Å²) < 4.78 is 0. The van der Waals surface area contributed by atoms with Crippen LogP contribution in [-0.2, 0) is 17.6 Å². The summed E-state index contributed by atoms with van der Waals surface area (Å²) in [6, 6.07) is 8.65. The van der Waals surface area contributed by atoms with E-state index in [0.29, 0.717) is 12.3 Å².